The molecule has 0 saturated heterocycles. The van der Waals surface area contributed by atoms with Crippen LogP contribution in [0.3, 0.4) is 0 Å². The van der Waals surface area contributed by atoms with E-state index in [0.717, 1.165) is 17.7 Å². The molecule has 0 aliphatic heterocycles. The third kappa shape index (κ3) is 3.76. The van der Waals surface area contributed by atoms with Gasteiger partial charge in [0.1, 0.15) is 5.60 Å². The summed E-state index contributed by atoms with van der Waals surface area (Å²) >= 11 is 0. The van der Waals surface area contributed by atoms with Gasteiger partial charge in [0.15, 0.2) is 0 Å². The standard InChI is InChI=1S/C15H23NO2/c1-6-12-10-8-9-11-13(12)16(7-2)14(17)18-15(3,4)5/h8-11H,6-7H2,1-5H3. The molecule has 3 heteroatoms. The molecule has 0 atom stereocenters. The van der Waals surface area contributed by atoms with E-state index in [1.807, 2.05) is 52.0 Å². The number of ether oxygens (including phenoxy) is 1. The fourth-order valence-corrected chi connectivity index (χ4v) is 1.79. The Balaban J connectivity index is 2.99. The second-order valence-corrected chi connectivity index (χ2v) is 5.21. The summed E-state index contributed by atoms with van der Waals surface area (Å²) in [5.41, 5.74) is 1.63. The van der Waals surface area contributed by atoms with Crippen molar-refractivity contribution in [1.82, 2.24) is 0 Å². The first kappa shape index (κ1) is 14.6. The van der Waals surface area contributed by atoms with E-state index in [1.165, 1.54) is 0 Å². The van der Waals surface area contributed by atoms with Gasteiger partial charge in [0.25, 0.3) is 0 Å². The fraction of sp³-hybridized carbons (Fsp3) is 0.533. The summed E-state index contributed by atoms with van der Waals surface area (Å²) < 4.78 is 5.43. The van der Waals surface area contributed by atoms with E-state index in [4.69, 9.17) is 4.74 Å². The van der Waals surface area contributed by atoms with E-state index >= 15 is 0 Å². The number of aryl methyl sites for hydroxylation is 1. The highest BCUT2D eigenvalue weighted by Crippen LogP contribution is 2.23. The molecule has 0 N–H and O–H groups in total. The summed E-state index contributed by atoms with van der Waals surface area (Å²) in [7, 11) is 0. The SMILES string of the molecule is CCc1ccccc1N(CC)C(=O)OC(C)(C)C. The van der Waals surface area contributed by atoms with Crippen molar-refractivity contribution in [2.45, 2.75) is 46.6 Å². The van der Waals surface area contributed by atoms with Crippen LogP contribution in [0.15, 0.2) is 24.3 Å². The summed E-state index contributed by atoms with van der Waals surface area (Å²) in [6.45, 7) is 10.3. The lowest BCUT2D eigenvalue weighted by Gasteiger charge is -2.27. The third-order valence-electron chi connectivity index (χ3n) is 2.59. The Labute approximate surface area is 110 Å². The van der Waals surface area contributed by atoms with Gasteiger partial charge in [-0.3, -0.25) is 4.90 Å². The van der Waals surface area contributed by atoms with Crippen LogP contribution in [0.25, 0.3) is 0 Å². The Morgan fingerprint density at radius 3 is 2.33 bits per heavy atom. The Kier molecular flexibility index (Phi) is 4.76. The van der Waals surface area contributed by atoms with Crippen molar-refractivity contribution >= 4 is 11.8 Å². The van der Waals surface area contributed by atoms with Crippen molar-refractivity contribution in [2.75, 3.05) is 11.4 Å². The van der Waals surface area contributed by atoms with E-state index in [-0.39, 0.29) is 6.09 Å². The molecule has 3 nitrogen and oxygen atoms in total. The number of amides is 1. The van der Waals surface area contributed by atoms with Crippen LogP contribution in [0.2, 0.25) is 0 Å². The molecule has 0 aliphatic rings. The summed E-state index contributed by atoms with van der Waals surface area (Å²) in [5.74, 6) is 0. The number of carbonyl (C=O) groups excluding carboxylic acids is 1. The topological polar surface area (TPSA) is 29.5 Å². The molecule has 100 valence electrons. The molecule has 0 aliphatic carbocycles. The van der Waals surface area contributed by atoms with Gasteiger partial charge in [-0.2, -0.15) is 0 Å². The molecule has 0 fully saturated rings. The van der Waals surface area contributed by atoms with Gasteiger partial charge in [-0.15, -0.1) is 0 Å². The normalized spacial score (nSPS) is 11.2. The first-order chi connectivity index (χ1) is 8.39. The molecule has 0 unspecified atom stereocenters. The molecule has 1 aromatic rings. The molecule has 1 amide bonds. The number of hydrogen-bond acceptors (Lipinski definition) is 2. The summed E-state index contributed by atoms with van der Waals surface area (Å²) in [6, 6.07) is 7.95. The maximum absolute atomic E-state index is 12.2. The zero-order valence-corrected chi connectivity index (χ0v) is 12.0. The minimum atomic E-state index is -0.467. The van der Waals surface area contributed by atoms with Crippen molar-refractivity contribution in [1.29, 1.82) is 0 Å². The Morgan fingerprint density at radius 1 is 1.22 bits per heavy atom. The molecule has 0 radical (unpaired) electrons. The van der Waals surface area contributed by atoms with Crippen LogP contribution >= 0.6 is 0 Å². The molecule has 18 heavy (non-hydrogen) atoms. The van der Waals surface area contributed by atoms with Gasteiger partial charge in [-0.05, 0) is 45.7 Å². The Bertz CT molecular complexity index is 407. The van der Waals surface area contributed by atoms with Crippen LogP contribution in [-0.4, -0.2) is 18.2 Å². The van der Waals surface area contributed by atoms with Gasteiger partial charge in [-0.1, -0.05) is 25.1 Å². The number of hydrogen-bond donors (Lipinski definition) is 0. The molecular weight excluding hydrogens is 226 g/mol. The van der Waals surface area contributed by atoms with Crippen LogP contribution in [0.4, 0.5) is 10.5 Å². The average Bonchev–Trinajstić information content (AvgIpc) is 2.28. The van der Waals surface area contributed by atoms with Crippen molar-refractivity contribution in [2.24, 2.45) is 0 Å². The quantitative estimate of drug-likeness (QED) is 0.810. The second kappa shape index (κ2) is 5.89. The molecule has 1 rings (SSSR count). The van der Waals surface area contributed by atoms with Crippen molar-refractivity contribution in [3.8, 4) is 0 Å². The maximum atomic E-state index is 12.2. The fourth-order valence-electron chi connectivity index (χ4n) is 1.79. The third-order valence-corrected chi connectivity index (χ3v) is 2.59. The molecule has 0 spiro atoms. The number of benzene rings is 1. The summed E-state index contributed by atoms with van der Waals surface area (Å²) in [6.07, 6.45) is 0.612. The lowest BCUT2D eigenvalue weighted by Crippen LogP contribution is -2.37. The smallest absolute Gasteiger partial charge is 0.414 e. The highest BCUT2D eigenvalue weighted by molar-refractivity contribution is 5.88. The van der Waals surface area contributed by atoms with Crippen LogP contribution in [0.5, 0.6) is 0 Å². The highest BCUT2D eigenvalue weighted by atomic mass is 16.6. The van der Waals surface area contributed by atoms with Crippen molar-refractivity contribution in [3.63, 3.8) is 0 Å². The Morgan fingerprint density at radius 2 is 1.83 bits per heavy atom. The van der Waals surface area contributed by atoms with E-state index < -0.39 is 5.60 Å². The number of para-hydroxylation sites is 1. The first-order valence-corrected chi connectivity index (χ1v) is 6.47. The zero-order chi connectivity index (χ0) is 13.8. The average molecular weight is 249 g/mol. The lowest BCUT2D eigenvalue weighted by molar-refractivity contribution is 0.0582. The van der Waals surface area contributed by atoms with Crippen LogP contribution in [-0.2, 0) is 11.2 Å². The molecule has 0 saturated carbocycles. The van der Waals surface area contributed by atoms with E-state index in [9.17, 15) is 4.79 Å². The zero-order valence-electron chi connectivity index (χ0n) is 12.0. The van der Waals surface area contributed by atoms with Gasteiger partial charge in [0, 0.05) is 6.54 Å². The van der Waals surface area contributed by atoms with Gasteiger partial charge in [0.05, 0.1) is 5.69 Å². The Hall–Kier alpha value is -1.51. The molecule has 0 heterocycles. The summed E-state index contributed by atoms with van der Waals surface area (Å²) in [4.78, 5) is 13.8. The van der Waals surface area contributed by atoms with Crippen LogP contribution < -0.4 is 4.90 Å². The highest BCUT2D eigenvalue weighted by Gasteiger charge is 2.23. The predicted molar refractivity (Wildman–Crippen MR) is 75.1 cm³/mol. The van der Waals surface area contributed by atoms with Crippen LogP contribution in [0.1, 0.15) is 40.2 Å². The molecule has 1 aromatic carbocycles. The second-order valence-electron chi connectivity index (χ2n) is 5.21. The van der Waals surface area contributed by atoms with Crippen molar-refractivity contribution < 1.29 is 9.53 Å². The first-order valence-electron chi connectivity index (χ1n) is 6.47. The monoisotopic (exact) mass is 249 g/mol. The van der Waals surface area contributed by atoms with Gasteiger partial charge < -0.3 is 4.74 Å². The molecule has 0 aromatic heterocycles. The number of nitrogens with zero attached hydrogens (tertiary/aromatic N) is 1. The largest absolute Gasteiger partial charge is 0.443 e. The van der Waals surface area contributed by atoms with Crippen molar-refractivity contribution in [3.05, 3.63) is 29.8 Å². The van der Waals surface area contributed by atoms with E-state index in [2.05, 4.69) is 6.92 Å². The minimum absolute atomic E-state index is 0.286. The van der Waals surface area contributed by atoms with Crippen LogP contribution in [0, 0.1) is 0 Å². The maximum Gasteiger partial charge on any atom is 0.414 e. The molecular formula is C15H23NO2. The number of rotatable bonds is 3. The summed E-state index contributed by atoms with van der Waals surface area (Å²) in [5, 5.41) is 0. The van der Waals surface area contributed by atoms with Gasteiger partial charge in [0.2, 0.25) is 0 Å². The molecule has 0 bridgehead atoms. The van der Waals surface area contributed by atoms with E-state index in [0.29, 0.717) is 6.54 Å². The van der Waals surface area contributed by atoms with E-state index in [1.54, 1.807) is 4.90 Å². The predicted octanol–water partition coefficient (Wildman–Crippen LogP) is 4.01. The lowest BCUT2D eigenvalue weighted by atomic mass is 10.1. The number of anilines is 1. The minimum Gasteiger partial charge on any atom is -0.443 e. The van der Waals surface area contributed by atoms with Gasteiger partial charge in [-0.25, -0.2) is 4.79 Å². The van der Waals surface area contributed by atoms with Gasteiger partial charge >= 0.3 is 6.09 Å². The number of carbonyl (C=O) groups is 1.